The summed E-state index contributed by atoms with van der Waals surface area (Å²) in [7, 11) is 3.98. The van der Waals surface area contributed by atoms with Gasteiger partial charge in [-0.05, 0) is 33.0 Å². The van der Waals surface area contributed by atoms with Gasteiger partial charge in [-0.2, -0.15) is 0 Å². The first kappa shape index (κ1) is 13.9. The summed E-state index contributed by atoms with van der Waals surface area (Å²) < 4.78 is 5.49. The van der Waals surface area contributed by atoms with E-state index in [1.54, 1.807) is 12.4 Å². The normalized spacial score (nSPS) is 12.8. The first-order chi connectivity index (χ1) is 8.13. The smallest absolute Gasteiger partial charge is 0.137 e. The Morgan fingerprint density at radius 1 is 1.41 bits per heavy atom. The number of aliphatic hydroxyl groups is 1. The third kappa shape index (κ3) is 5.15. The predicted molar refractivity (Wildman–Crippen MR) is 68.2 cm³/mol. The summed E-state index contributed by atoms with van der Waals surface area (Å²) in [6.07, 6.45) is 4.56. The van der Waals surface area contributed by atoms with Gasteiger partial charge in [-0.1, -0.05) is 6.92 Å². The Labute approximate surface area is 103 Å². The number of ether oxygens (including phenoxy) is 1. The van der Waals surface area contributed by atoms with Gasteiger partial charge in [0, 0.05) is 18.3 Å². The molecule has 17 heavy (non-hydrogen) atoms. The molecule has 1 rings (SSSR count). The number of aromatic nitrogens is 1. The molecule has 0 bridgehead atoms. The van der Waals surface area contributed by atoms with Crippen LogP contribution in [0.15, 0.2) is 18.5 Å². The van der Waals surface area contributed by atoms with Crippen molar-refractivity contribution in [2.45, 2.75) is 25.9 Å². The van der Waals surface area contributed by atoms with Crippen molar-refractivity contribution in [2.24, 2.45) is 0 Å². The van der Waals surface area contributed by atoms with Crippen molar-refractivity contribution in [2.75, 3.05) is 27.2 Å². The van der Waals surface area contributed by atoms with E-state index >= 15 is 0 Å². The second-order valence-electron chi connectivity index (χ2n) is 4.41. The zero-order chi connectivity index (χ0) is 12.7. The van der Waals surface area contributed by atoms with Crippen LogP contribution in [0.25, 0.3) is 0 Å². The highest BCUT2D eigenvalue weighted by molar-refractivity contribution is 5.25. The number of nitrogens with zero attached hydrogens (tertiary/aromatic N) is 2. The molecule has 1 heterocycles. The molecule has 0 amide bonds. The zero-order valence-corrected chi connectivity index (χ0v) is 10.9. The molecule has 0 aromatic carbocycles. The average Bonchev–Trinajstić information content (AvgIpc) is 2.33. The van der Waals surface area contributed by atoms with Crippen LogP contribution in [0.4, 0.5) is 0 Å². The molecule has 0 aliphatic rings. The fourth-order valence-electron chi connectivity index (χ4n) is 1.46. The summed E-state index contributed by atoms with van der Waals surface area (Å²) in [6, 6.07) is 1.86. The van der Waals surface area contributed by atoms with Gasteiger partial charge in [-0.15, -0.1) is 0 Å². The van der Waals surface area contributed by atoms with E-state index in [1.165, 1.54) is 0 Å². The molecule has 1 aromatic rings. The van der Waals surface area contributed by atoms with Gasteiger partial charge in [0.2, 0.25) is 0 Å². The topological polar surface area (TPSA) is 45.6 Å². The van der Waals surface area contributed by atoms with Crippen LogP contribution in [-0.2, 0) is 0 Å². The van der Waals surface area contributed by atoms with E-state index in [4.69, 9.17) is 4.74 Å². The van der Waals surface area contributed by atoms with Gasteiger partial charge in [0.25, 0.3) is 0 Å². The Balaban J connectivity index is 2.57. The third-order valence-corrected chi connectivity index (χ3v) is 2.44. The maximum atomic E-state index is 10.00. The van der Waals surface area contributed by atoms with Crippen molar-refractivity contribution >= 4 is 0 Å². The number of pyridine rings is 1. The molecule has 0 aliphatic carbocycles. The van der Waals surface area contributed by atoms with Gasteiger partial charge >= 0.3 is 0 Å². The molecule has 1 atom stereocenters. The van der Waals surface area contributed by atoms with Gasteiger partial charge in [-0.25, -0.2) is 0 Å². The van der Waals surface area contributed by atoms with Crippen LogP contribution >= 0.6 is 0 Å². The highest BCUT2D eigenvalue weighted by Gasteiger charge is 2.09. The summed E-state index contributed by atoms with van der Waals surface area (Å²) in [6.45, 7) is 3.59. The van der Waals surface area contributed by atoms with Crippen LogP contribution in [-0.4, -0.2) is 42.2 Å². The summed E-state index contributed by atoms with van der Waals surface area (Å²) in [5.74, 6) is 0.730. The molecular formula is C13H22N2O2. The maximum Gasteiger partial charge on any atom is 0.137 e. The van der Waals surface area contributed by atoms with Crippen LogP contribution in [0, 0.1) is 0 Å². The lowest BCUT2D eigenvalue weighted by Crippen LogP contribution is -2.16. The van der Waals surface area contributed by atoms with Gasteiger partial charge in [-0.3, -0.25) is 4.98 Å². The first-order valence-corrected chi connectivity index (χ1v) is 6.04. The quantitative estimate of drug-likeness (QED) is 0.787. The second-order valence-corrected chi connectivity index (χ2v) is 4.41. The number of hydrogen-bond acceptors (Lipinski definition) is 4. The molecule has 0 aliphatic heterocycles. The SMILES string of the molecule is CCCOc1cncc(C(O)CCN(C)C)c1. The molecule has 0 saturated heterocycles. The van der Waals surface area contributed by atoms with Crippen LogP contribution in [0.3, 0.4) is 0 Å². The van der Waals surface area contributed by atoms with Crippen molar-refractivity contribution in [3.8, 4) is 5.75 Å². The molecule has 96 valence electrons. The largest absolute Gasteiger partial charge is 0.492 e. The van der Waals surface area contributed by atoms with Gasteiger partial charge in [0.1, 0.15) is 5.75 Å². The fraction of sp³-hybridized carbons (Fsp3) is 0.615. The molecule has 4 heteroatoms. The molecule has 1 N–H and O–H groups in total. The van der Waals surface area contributed by atoms with Crippen LogP contribution in [0.1, 0.15) is 31.4 Å². The van der Waals surface area contributed by atoms with Crippen LogP contribution in [0.5, 0.6) is 5.75 Å². The van der Waals surface area contributed by atoms with Crippen molar-refractivity contribution in [1.82, 2.24) is 9.88 Å². The molecule has 0 saturated carbocycles. The third-order valence-electron chi connectivity index (χ3n) is 2.44. The van der Waals surface area contributed by atoms with Crippen molar-refractivity contribution in [1.29, 1.82) is 0 Å². The summed E-state index contributed by atoms with van der Waals surface area (Å²) in [5.41, 5.74) is 0.820. The van der Waals surface area contributed by atoms with E-state index in [2.05, 4.69) is 11.9 Å². The Morgan fingerprint density at radius 2 is 2.18 bits per heavy atom. The molecule has 4 nitrogen and oxygen atoms in total. The number of hydrogen-bond donors (Lipinski definition) is 1. The lowest BCUT2D eigenvalue weighted by atomic mass is 10.1. The average molecular weight is 238 g/mol. The summed E-state index contributed by atoms with van der Waals surface area (Å²) in [4.78, 5) is 6.14. The van der Waals surface area contributed by atoms with Gasteiger partial charge in [0.15, 0.2) is 0 Å². The van der Waals surface area contributed by atoms with E-state index in [0.29, 0.717) is 13.0 Å². The van der Waals surface area contributed by atoms with Crippen molar-refractivity contribution in [3.63, 3.8) is 0 Å². The van der Waals surface area contributed by atoms with E-state index in [0.717, 1.165) is 24.3 Å². The van der Waals surface area contributed by atoms with E-state index in [1.807, 2.05) is 25.1 Å². The molecule has 0 radical (unpaired) electrons. The van der Waals surface area contributed by atoms with E-state index in [9.17, 15) is 5.11 Å². The maximum absolute atomic E-state index is 10.00. The Kier molecular flexibility index (Phi) is 5.94. The molecule has 0 spiro atoms. The highest BCUT2D eigenvalue weighted by atomic mass is 16.5. The summed E-state index contributed by atoms with van der Waals surface area (Å²) in [5, 5.41) is 10.00. The minimum atomic E-state index is -0.477. The number of rotatable bonds is 7. The van der Waals surface area contributed by atoms with Crippen molar-refractivity contribution < 1.29 is 9.84 Å². The van der Waals surface area contributed by atoms with E-state index < -0.39 is 6.10 Å². The Morgan fingerprint density at radius 3 is 2.82 bits per heavy atom. The lowest BCUT2D eigenvalue weighted by molar-refractivity contribution is 0.153. The van der Waals surface area contributed by atoms with Crippen LogP contribution < -0.4 is 4.74 Å². The lowest BCUT2D eigenvalue weighted by Gasteiger charge is -2.15. The molecule has 1 aromatic heterocycles. The molecule has 0 fully saturated rings. The van der Waals surface area contributed by atoms with Crippen molar-refractivity contribution in [3.05, 3.63) is 24.0 Å². The standard InChI is InChI=1S/C13H22N2O2/c1-4-7-17-12-8-11(9-14-10-12)13(16)5-6-15(2)3/h8-10,13,16H,4-7H2,1-3H3. The Bertz CT molecular complexity index is 329. The van der Waals surface area contributed by atoms with Gasteiger partial charge < -0.3 is 14.7 Å². The first-order valence-electron chi connectivity index (χ1n) is 6.04. The molecular weight excluding hydrogens is 216 g/mol. The minimum absolute atomic E-state index is 0.477. The number of aliphatic hydroxyl groups excluding tert-OH is 1. The molecule has 1 unspecified atom stereocenters. The van der Waals surface area contributed by atoms with Crippen LogP contribution in [0.2, 0.25) is 0 Å². The Hall–Kier alpha value is -1.13. The second kappa shape index (κ2) is 7.25. The zero-order valence-electron chi connectivity index (χ0n) is 10.9. The monoisotopic (exact) mass is 238 g/mol. The highest BCUT2D eigenvalue weighted by Crippen LogP contribution is 2.20. The summed E-state index contributed by atoms with van der Waals surface area (Å²) >= 11 is 0. The predicted octanol–water partition coefficient (Wildman–Crippen LogP) is 1.86. The van der Waals surface area contributed by atoms with Gasteiger partial charge in [0.05, 0.1) is 18.9 Å². The van der Waals surface area contributed by atoms with E-state index in [-0.39, 0.29) is 0 Å². The minimum Gasteiger partial charge on any atom is -0.492 e. The fourth-order valence-corrected chi connectivity index (χ4v) is 1.46.